The lowest BCUT2D eigenvalue weighted by atomic mass is 9.49. The molecule has 0 aromatic rings. The van der Waals surface area contributed by atoms with Gasteiger partial charge in [-0.25, -0.2) is 0 Å². The standard InChI is InChI=1S/C32H46O3/c1-4-7-8-9-10-11-12-13-14-30(34)35-32(6-3)22-20-29-28-17-15-24-23-25(33)16-18-26(24)27(28)19-21-31(29,32)5-2/h3,20,22-23,26-29H,4-5,7-19,21H2,1-2H3/t26-,27+,28+,29-,31-,32-/m0/s1. The number of ketones is 1. The van der Waals surface area contributed by atoms with E-state index in [1.54, 1.807) is 0 Å². The van der Waals surface area contributed by atoms with Gasteiger partial charge >= 0.3 is 5.97 Å². The Kier molecular flexibility index (Phi) is 8.62. The first-order chi connectivity index (χ1) is 17.0. The normalized spacial score (nSPS) is 35.5. The summed E-state index contributed by atoms with van der Waals surface area (Å²) in [5.41, 5.74) is 0.296. The van der Waals surface area contributed by atoms with Crippen molar-refractivity contribution >= 4 is 11.8 Å². The molecule has 0 saturated heterocycles. The van der Waals surface area contributed by atoms with Crippen LogP contribution in [-0.4, -0.2) is 17.4 Å². The van der Waals surface area contributed by atoms with Gasteiger partial charge in [-0.15, -0.1) is 6.42 Å². The van der Waals surface area contributed by atoms with E-state index in [0.29, 0.717) is 42.3 Å². The van der Waals surface area contributed by atoms with Crippen molar-refractivity contribution in [1.29, 1.82) is 0 Å². The average molecular weight is 479 g/mol. The summed E-state index contributed by atoms with van der Waals surface area (Å²) < 4.78 is 6.25. The van der Waals surface area contributed by atoms with Crippen molar-refractivity contribution < 1.29 is 14.3 Å². The predicted octanol–water partition coefficient (Wildman–Crippen LogP) is 7.74. The monoisotopic (exact) mass is 478 g/mol. The van der Waals surface area contributed by atoms with Gasteiger partial charge in [-0.05, 0) is 80.8 Å². The zero-order chi connectivity index (χ0) is 24.9. The third-order valence-corrected chi connectivity index (χ3v) is 10.0. The number of allylic oxidation sites excluding steroid dienone is 3. The zero-order valence-electron chi connectivity index (χ0n) is 22.2. The Bertz CT molecular complexity index is 876. The number of hydrogen-bond donors (Lipinski definition) is 0. The second-order valence-electron chi connectivity index (χ2n) is 11.7. The Hall–Kier alpha value is -1.82. The van der Waals surface area contributed by atoms with Gasteiger partial charge in [-0.1, -0.05) is 76.4 Å². The van der Waals surface area contributed by atoms with Crippen LogP contribution in [0.1, 0.15) is 117 Å². The lowest BCUT2D eigenvalue weighted by Crippen LogP contribution is -2.55. The Morgan fingerprint density at radius 2 is 1.77 bits per heavy atom. The number of ether oxygens (including phenoxy) is 1. The van der Waals surface area contributed by atoms with Crippen molar-refractivity contribution in [3.8, 4) is 12.3 Å². The Morgan fingerprint density at radius 3 is 2.49 bits per heavy atom. The highest BCUT2D eigenvalue weighted by Gasteiger charge is 2.63. The maximum Gasteiger partial charge on any atom is 0.307 e. The summed E-state index contributed by atoms with van der Waals surface area (Å²) in [6.45, 7) is 4.47. The minimum absolute atomic E-state index is 0.131. The molecule has 0 aliphatic heterocycles. The fourth-order valence-corrected chi connectivity index (χ4v) is 8.15. The van der Waals surface area contributed by atoms with Crippen LogP contribution in [0.4, 0.5) is 0 Å². The minimum Gasteiger partial charge on any atom is -0.441 e. The first-order valence-electron chi connectivity index (χ1n) is 14.6. The van der Waals surface area contributed by atoms with Crippen molar-refractivity contribution in [3.05, 3.63) is 23.8 Å². The zero-order valence-corrected chi connectivity index (χ0v) is 22.2. The smallest absolute Gasteiger partial charge is 0.307 e. The van der Waals surface area contributed by atoms with E-state index >= 15 is 0 Å². The van der Waals surface area contributed by atoms with Gasteiger partial charge in [0.25, 0.3) is 0 Å². The van der Waals surface area contributed by atoms with Gasteiger partial charge in [0, 0.05) is 18.3 Å². The Labute approximate surface area is 213 Å². The van der Waals surface area contributed by atoms with Gasteiger partial charge in [-0.2, -0.15) is 0 Å². The molecule has 35 heavy (non-hydrogen) atoms. The van der Waals surface area contributed by atoms with Gasteiger partial charge in [0.2, 0.25) is 0 Å². The van der Waals surface area contributed by atoms with Crippen LogP contribution in [-0.2, 0) is 14.3 Å². The van der Waals surface area contributed by atoms with Crippen LogP contribution < -0.4 is 0 Å². The highest BCUT2D eigenvalue weighted by Crippen LogP contribution is 2.64. The molecule has 0 aromatic carbocycles. The molecular formula is C32H46O3. The van der Waals surface area contributed by atoms with Crippen LogP contribution in [0.25, 0.3) is 0 Å². The molecule has 0 spiro atoms. The van der Waals surface area contributed by atoms with Gasteiger partial charge in [0.15, 0.2) is 11.4 Å². The largest absolute Gasteiger partial charge is 0.441 e. The molecule has 0 unspecified atom stereocenters. The molecule has 4 aliphatic rings. The third-order valence-electron chi connectivity index (χ3n) is 10.0. The quantitative estimate of drug-likeness (QED) is 0.132. The van der Waals surface area contributed by atoms with E-state index in [4.69, 9.17) is 11.2 Å². The van der Waals surface area contributed by atoms with E-state index in [9.17, 15) is 9.59 Å². The van der Waals surface area contributed by atoms with E-state index in [-0.39, 0.29) is 11.4 Å². The molecule has 2 fully saturated rings. The lowest BCUT2D eigenvalue weighted by molar-refractivity contribution is -0.168. The second kappa shape index (κ2) is 11.5. The Balaban J connectivity index is 1.37. The predicted molar refractivity (Wildman–Crippen MR) is 141 cm³/mol. The van der Waals surface area contributed by atoms with Crippen LogP contribution in [0.15, 0.2) is 23.8 Å². The van der Waals surface area contributed by atoms with Crippen LogP contribution >= 0.6 is 0 Å². The molecule has 4 aliphatic carbocycles. The van der Waals surface area contributed by atoms with Crippen LogP contribution in [0.2, 0.25) is 0 Å². The second-order valence-corrected chi connectivity index (χ2v) is 11.7. The highest BCUT2D eigenvalue weighted by molar-refractivity contribution is 5.91. The molecule has 0 N–H and O–H groups in total. The molecule has 3 nitrogen and oxygen atoms in total. The molecule has 0 amide bonds. The number of carbonyl (C=O) groups excluding carboxylic acids is 2. The molecule has 0 bridgehead atoms. The number of hydrogen-bond acceptors (Lipinski definition) is 3. The van der Waals surface area contributed by atoms with E-state index < -0.39 is 5.60 Å². The maximum absolute atomic E-state index is 13.0. The van der Waals surface area contributed by atoms with E-state index in [0.717, 1.165) is 51.4 Å². The Morgan fingerprint density at radius 1 is 1.03 bits per heavy atom. The minimum atomic E-state index is -0.909. The molecule has 0 aromatic heterocycles. The number of unbranched alkanes of at least 4 members (excludes halogenated alkanes) is 7. The summed E-state index contributed by atoms with van der Waals surface area (Å²) >= 11 is 0. The van der Waals surface area contributed by atoms with Crippen LogP contribution in [0.5, 0.6) is 0 Å². The highest BCUT2D eigenvalue weighted by atomic mass is 16.6. The van der Waals surface area contributed by atoms with Crippen LogP contribution in [0.3, 0.4) is 0 Å². The number of rotatable bonds is 11. The fourth-order valence-electron chi connectivity index (χ4n) is 8.15. The average Bonchev–Trinajstić information content (AvgIpc) is 3.20. The summed E-state index contributed by atoms with van der Waals surface area (Å²) in [4.78, 5) is 25.0. The SMILES string of the molecule is C#C[C@]1(OC(=O)CCCCCCCCCC)C=C[C@H]2[C@@H]3CCC4=CC(=O)CC[C@@H]4[C@H]3CC[C@@]21CC. The summed E-state index contributed by atoms with van der Waals surface area (Å²) in [6, 6.07) is 0. The first-order valence-corrected chi connectivity index (χ1v) is 14.6. The first kappa shape index (κ1) is 26.2. The number of fused-ring (bicyclic) bond motifs is 5. The summed E-state index contributed by atoms with van der Waals surface area (Å²) in [6.07, 6.45) is 29.6. The van der Waals surface area contributed by atoms with Crippen molar-refractivity contribution in [3.63, 3.8) is 0 Å². The van der Waals surface area contributed by atoms with Gasteiger partial charge in [-0.3, -0.25) is 9.59 Å². The third kappa shape index (κ3) is 5.05. The molecule has 4 rings (SSSR count). The molecule has 3 heteroatoms. The molecule has 0 heterocycles. The van der Waals surface area contributed by atoms with Crippen LogP contribution in [0, 0.1) is 41.4 Å². The number of terminal acetylenes is 1. The van der Waals surface area contributed by atoms with Gasteiger partial charge in [0.05, 0.1) is 0 Å². The summed E-state index contributed by atoms with van der Waals surface area (Å²) in [5, 5.41) is 0. The summed E-state index contributed by atoms with van der Waals surface area (Å²) in [5.74, 6) is 5.28. The van der Waals surface area contributed by atoms with Crippen molar-refractivity contribution in [1.82, 2.24) is 0 Å². The van der Waals surface area contributed by atoms with Gasteiger partial charge in [0.1, 0.15) is 0 Å². The molecular weight excluding hydrogens is 432 g/mol. The number of carbonyl (C=O) groups is 2. The number of esters is 1. The van der Waals surface area contributed by atoms with E-state index in [2.05, 4.69) is 31.9 Å². The van der Waals surface area contributed by atoms with Crippen molar-refractivity contribution in [2.45, 2.75) is 122 Å². The summed E-state index contributed by atoms with van der Waals surface area (Å²) in [7, 11) is 0. The van der Waals surface area contributed by atoms with Gasteiger partial charge < -0.3 is 4.74 Å². The van der Waals surface area contributed by atoms with E-state index in [1.165, 1.54) is 44.1 Å². The van der Waals surface area contributed by atoms with E-state index in [1.807, 2.05) is 6.08 Å². The fraction of sp³-hybridized carbons (Fsp3) is 0.750. The van der Waals surface area contributed by atoms with Crippen molar-refractivity contribution in [2.75, 3.05) is 0 Å². The molecule has 2 saturated carbocycles. The lowest BCUT2D eigenvalue weighted by Gasteiger charge is -2.56. The topological polar surface area (TPSA) is 43.4 Å². The molecule has 192 valence electrons. The molecule has 0 radical (unpaired) electrons. The maximum atomic E-state index is 13.0. The van der Waals surface area contributed by atoms with Crippen molar-refractivity contribution in [2.24, 2.45) is 29.1 Å². The molecule has 6 atom stereocenters.